The predicted octanol–water partition coefficient (Wildman–Crippen LogP) is 2.73. The van der Waals surface area contributed by atoms with Crippen molar-refractivity contribution in [3.05, 3.63) is 12.4 Å². The molecule has 1 saturated carbocycles. The van der Waals surface area contributed by atoms with Gasteiger partial charge in [0, 0.05) is 11.3 Å². The van der Waals surface area contributed by atoms with E-state index in [1.807, 2.05) is 17.8 Å². The number of thioether (sulfide) groups is 1. The summed E-state index contributed by atoms with van der Waals surface area (Å²) in [4.78, 5) is 8.13. The standard InChI is InChI=1S/C11H17N3S/c1-8-3-2-4-9(5-8)15-11-6-10(12)13-7-14-11/h6-9H,2-5H2,1H3,(H2,12,13,14). The van der Waals surface area contributed by atoms with E-state index in [9.17, 15) is 0 Å². The molecule has 2 rings (SSSR count). The van der Waals surface area contributed by atoms with E-state index in [4.69, 9.17) is 5.73 Å². The Morgan fingerprint density at radius 2 is 2.27 bits per heavy atom. The second-order valence-electron chi connectivity index (χ2n) is 4.29. The van der Waals surface area contributed by atoms with Crippen molar-refractivity contribution in [2.75, 3.05) is 5.73 Å². The van der Waals surface area contributed by atoms with Gasteiger partial charge in [0.2, 0.25) is 0 Å². The van der Waals surface area contributed by atoms with Crippen molar-refractivity contribution < 1.29 is 0 Å². The second kappa shape index (κ2) is 4.84. The number of hydrogen-bond donors (Lipinski definition) is 1. The Morgan fingerprint density at radius 1 is 1.40 bits per heavy atom. The van der Waals surface area contributed by atoms with Crippen molar-refractivity contribution in [1.29, 1.82) is 0 Å². The summed E-state index contributed by atoms with van der Waals surface area (Å²) in [6.07, 6.45) is 6.87. The lowest BCUT2D eigenvalue weighted by atomic mass is 9.91. The van der Waals surface area contributed by atoms with Crippen molar-refractivity contribution in [3.63, 3.8) is 0 Å². The SMILES string of the molecule is CC1CCCC(Sc2cc(N)ncn2)C1. The number of nitrogens with two attached hydrogens (primary N) is 1. The van der Waals surface area contributed by atoms with Gasteiger partial charge in [0.1, 0.15) is 17.2 Å². The average molecular weight is 223 g/mol. The van der Waals surface area contributed by atoms with Crippen LogP contribution >= 0.6 is 11.8 Å². The van der Waals surface area contributed by atoms with Crippen LogP contribution in [-0.4, -0.2) is 15.2 Å². The van der Waals surface area contributed by atoms with Gasteiger partial charge in [-0.3, -0.25) is 0 Å². The van der Waals surface area contributed by atoms with E-state index in [0.29, 0.717) is 11.1 Å². The molecule has 0 bridgehead atoms. The van der Waals surface area contributed by atoms with Gasteiger partial charge in [-0.1, -0.05) is 19.8 Å². The van der Waals surface area contributed by atoms with Crippen LogP contribution in [0.1, 0.15) is 32.6 Å². The summed E-state index contributed by atoms with van der Waals surface area (Å²) in [6.45, 7) is 2.33. The van der Waals surface area contributed by atoms with Gasteiger partial charge in [-0.2, -0.15) is 0 Å². The molecule has 2 atom stereocenters. The Kier molecular flexibility index (Phi) is 3.46. The molecule has 1 fully saturated rings. The van der Waals surface area contributed by atoms with Crippen molar-refractivity contribution >= 4 is 17.6 Å². The zero-order valence-corrected chi connectivity index (χ0v) is 9.83. The molecule has 0 aliphatic heterocycles. The number of aromatic nitrogens is 2. The van der Waals surface area contributed by atoms with Gasteiger partial charge in [0.25, 0.3) is 0 Å². The second-order valence-corrected chi connectivity index (χ2v) is 5.61. The number of hydrogen-bond acceptors (Lipinski definition) is 4. The summed E-state index contributed by atoms with van der Waals surface area (Å²) < 4.78 is 0. The van der Waals surface area contributed by atoms with E-state index in [1.54, 1.807) is 6.33 Å². The molecule has 0 radical (unpaired) electrons. The number of rotatable bonds is 2. The van der Waals surface area contributed by atoms with Crippen LogP contribution in [0.3, 0.4) is 0 Å². The molecule has 2 unspecified atom stereocenters. The molecule has 82 valence electrons. The summed E-state index contributed by atoms with van der Waals surface area (Å²) in [5.74, 6) is 1.42. The first kappa shape index (κ1) is 10.7. The fourth-order valence-corrected chi connectivity index (χ4v) is 3.42. The number of nitrogen functional groups attached to an aromatic ring is 1. The first-order valence-corrected chi connectivity index (χ1v) is 6.36. The first-order valence-electron chi connectivity index (χ1n) is 5.48. The Balaban J connectivity index is 1.96. The maximum Gasteiger partial charge on any atom is 0.127 e. The smallest absolute Gasteiger partial charge is 0.127 e. The van der Waals surface area contributed by atoms with E-state index >= 15 is 0 Å². The molecule has 2 N–H and O–H groups in total. The van der Waals surface area contributed by atoms with Crippen LogP contribution in [0.5, 0.6) is 0 Å². The maximum absolute atomic E-state index is 5.63. The van der Waals surface area contributed by atoms with Gasteiger partial charge in [0.15, 0.2) is 0 Å². The zero-order chi connectivity index (χ0) is 10.7. The third-order valence-electron chi connectivity index (χ3n) is 2.84. The number of nitrogens with zero attached hydrogens (tertiary/aromatic N) is 2. The molecule has 4 heteroatoms. The normalized spacial score (nSPS) is 26.5. The van der Waals surface area contributed by atoms with Crippen LogP contribution in [0.2, 0.25) is 0 Å². The topological polar surface area (TPSA) is 51.8 Å². The summed E-state index contributed by atoms with van der Waals surface area (Å²) in [5.41, 5.74) is 5.63. The van der Waals surface area contributed by atoms with Crippen LogP contribution in [0.15, 0.2) is 17.4 Å². The molecular formula is C11H17N3S. The largest absolute Gasteiger partial charge is 0.384 e. The highest BCUT2D eigenvalue weighted by molar-refractivity contribution is 7.99. The molecule has 1 aliphatic rings. The van der Waals surface area contributed by atoms with Gasteiger partial charge < -0.3 is 5.73 Å². The van der Waals surface area contributed by atoms with Gasteiger partial charge >= 0.3 is 0 Å². The Bertz CT molecular complexity index is 329. The Morgan fingerprint density at radius 3 is 3.00 bits per heavy atom. The monoisotopic (exact) mass is 223 g/mol. The summed E-state index contributed by atoms with van der Waals surface area (Å²) in [7, 11) is 0. The van der Waals surface area contributed by atoms with E-state index in [1.165, 1.54) is 25.7 Å². The molecule has 0 aromatic carbocycles. The van der Waals surface area contributed by atoms with Crippen LogP contribution < -0.4 is 5.73 Å². The minimum atomic E-state index is 0.566. The minimum Gasteiger partial charge on any atom is -0.384 e. The van der Waals surface area contributed by atoms with Gasteiger partial charge in [-0.05, 0) is 18.8 Å². The van der Waals surface area contributed by atoms with E-state index in [-0.39, 0.29) is 0 Å². The van der Waals surface area contributed by atoms with Gasteiger partial charge in [-0.25, -0.2) is 9.97 Å². The quantitative estimate of drug-likeness (QED) is 0.783. The van der Waals surface area contributed by atoms with Crippen molar-refractivity contribution in [2.45, 2.75) is 42.9 Å². The molecule has 0 amide bonds. The minimum absolute atomic E-state index is 0.566. The van der Waals surface area contributed by atoms with Gasteiger partial charge in [-0.15, -0.1) is 11.8 Å². The highest BCUT2D eigenvalue weighted by atomic mass is 32.2. The Hall–Kier alpha value is -0.770. The Labute approximate surface area is 94.9 Å². The molecule has 1 aromatic rings. The summed E-state index contributed by atoms with van der Waals surface area (Å²) in [6, 6.07) is 1.87. The van der Waals surface area contributed by atoms with E-state index < -0.39 is 0 Å². The highest BCUT2D eigenvalue weighted by Crippen LogP contribution is 2.35. The fourth-order valence-electron chi connectivity index (χ4n) is 2.07. The lowest BCUT2D eigenvalue weighted by Gasteiger charge is -2.25. The lowest BCUT2D eigenvalue weighted by Crippen LogP contribution is -2.15. The predicted molar refractivity (Wildman–Crippen MR) is 63.7 cm³/mol. The molecule has 1 aliphatic carbocycles. The van der Waals surface area contributed by atoms with E-state index in [0.717, 1.165) is 10.9 Å². The molecule has 0 saturated heterocycles. The average Bonchev–Trinajstić information content (AvgIpc) is 2.17. The van der Waals surface area contributed by atoms with Crippen LogP contribution in [0.25, 0.3) is 0 Å². The number of anilines is 1. The molecular weight excluding hydrogens is 206 g/mol. The lowest BCUT2D eigenvalue weighted by molar-refractivity contribution is 0.394. The van der Waals surface area contributed by atoms with Crippen LogP contribution in [0, 0.1) is 5.92 Å². The molecule has 1 aromatic heterocycles. The van der Waals surface area contributed by atoms with Gasteiger partial charge in [0.05, 0.1) is 0 Å². The molecule has 3 nitrogen and oxygen atoms in total. The molecule has 15 heavy (non-hydrogen) atoms. The third-order valence-corrected chi connectivity index (χ3v) is 4.07. The highest BCUT2D eigenvalue weighted by Gasteiger charge is 2.20. The van der Waals surface area contributed by atoms with Crippen molar-refractivity contribution in [1.82, 2.24) is 9.97 Å². The van der Waals surface area contributed by atoms with Crippen LogP contribution in [0.4, 0.5) is 5.82 Å². The zero-order valence-electron chi connectivity index (χ0n) is 9.02. The first-order chi connectivity index (χ1) is 7.24. The summed E-state index contributed by atoms with van der Waals surface area (Å²) in [5, 5.41) is 1.73. The fraction of sp³-hybridized carbons (Fsp3) is 0.636. The van der Waals surface area contributed by atoms with Crippen molar-refractivity contribution in [2.24, 2.45) is 5.92 Å². The third kappa shape index (κ3) is 3.09. The maximum atomic E-state index is 5.63. The molecule has 1 heterocycles. The van der Waals surface area contributed by atoms with Crippen molar-refractivity contribution in [3.8, 4) is 0 Å². The van der Waals surface area contributed by atoms with E-state index in [2.05, 4.69) is 16.9 Å². The summed E-state index contributed by atoms with van der Waals surface area (Å²) >= 11 is 1.85. The van der Waals surface area contributed by atoms with Crippen LogP contribution in [-0.2, 0) is 0 Å². The molecule has 0 spiro atoms.